The molecule has 1 aromatic carbocycles. The van der Waals surface area contributed by atoms with Crippen molar-refractivity contribution in [1.29, 1.82) is 0 Å². The first-order chi connectivity index (χ1) is 9.31. The highest BCUT2D eigenvalue weighted by Crippen LogP contribution is 2.14. The van der Waals surface area contributed by atoms with Crippen LogP contribution in [0.1, 0.15) is 18.9 Å². The molecule has 1 aliphatic heterocycles. The average molecular weight is 262 g/mol. The van der Waals surface area contributed by atoms with Crippen molar-refractivity contribution in [1.82, 2.24) is 9.80 Å². The molecule has 1 aliphatic rings. The van der Waals surface area contributed by atoms with Gasteiger partial charge in [-0.3, -0.25) is 9.69 Å². The third kappa shape index (κ3) is 4.24. The van der Waals surface area contributed by atoms with Crippen LogP contribution in [0.15, 0.2) is 24.3 Å². The molecule has 2 rings (SSSR count). The van der Waals surface area contributed by atoms with E-state index in [1.165, 1.54) is 5.56 Å². The summed E-state index contributed by atoms with van der Waals surface area (Å²) in [5.74, 6) is 0.941. The lowest BCUT2D eigenvalue weighted by Gasteiger charge is -2.32. The minimum Gasteiger partial charge on any atom is -0.494 e. The smallest absolute Gasteiger partial charge is 0.209 e. The summed E-state index contributed by atoms with van der Waals surface area (Å²) in [5.41, 5.74) is 1.29. The van der Waals surface area contributed by atoms with E-state index in [9.17, 15) is 4.79 Å². The monoisotopic (exact) mass is 262 g/mol. The molecule has 4 nitrogen and oxygen atoms in total. The molecule has 0 aliphatic carbocycles. The summed E-state index contributed by atoms with van der Waals surface area (Å²) in [5, 5.41) is 0. The Morgan fingerprint density at radius 2 is 1.84 bits per heavy atom. The second-order valence-electron chi connectivity index (χ2n) is 4.91. The second-order valence-corrected chi connectivity index (χ2v) is 4.91. The fourth-order valence-electron chi connectivity index (χ4n) is 2.20. The quantitative estimate of drug-likeness (QED) is 0.732. The maximum absolute atomic E-state index is 10.6. The zero-order valence-electron chi connectivity index (χ0n) is 11.5. The maximum atomic E-state index is 10.6. The van der Waals surface area contributed by atoms with Gasteiger partial charge in [0.1, 0.15) is 5.75 Å². The van der Waals surface area contributed by atoms with Gasteiger partial charge in [0.05, 0.1) is 6.61 Å². The minimum atomic E-state index is 0.771. The van der Waals surface area contributed by atoms with Gasteiger partial charge < -0.3 is 9.64 Å². The molecule has 0 spiro atoms. The zero-order valence-corrected chi connectivity index (χ0v) is 11.5. The normalized spacial score (nSPS) is 16.4. The van der Waals surface area contributed by atoms with E-state index in [1.54, 1.807) is 0 Å². The molecule has 1 heterocycles. The number of hydrogen-bond acceptors (Lipinski definition) is 3. The number of hydrogen-bond donors (Lipinski definition) is 0. The van der Waals surface area contributed by atoms with Gasteiger partial charge in [0.2, 0.25) is 6.41 Å². The van der Waals surface area contributed by atoms with Crippen molar-refractivity contribution in [2.24, 2.45) is 0 Å². The van der Waals surface area contributed by atoms with Crippen molar-refractivity contribution in [3.8, 4) is 5.75 Å². The fraction of sp³-hybridized carbons (Fsp3) is 0.533. The van der Waals surface area contributed by atoms with E-state index in [0.29, 0.717) is 0 Å². The first-order valence-electron chi connectivity index (χ1n) is 6.95. The third-order valence-corrected chi connectivity index (χ3v) is 3.36. The molecule has 19 heavy (non-hydrogen) atoms. The topological polar surface area (TPSA) is 32.8 Å². The van der Waals surface area contributed by atoms with Crippen LogP contribution in [0.2, 0.25) is 0 Å². The summed E-state index contributed by atoms with van der Waals surface area (Å²) in [6, 6.07) is 8.31. The third-order valence-electron chi connectivity index (χ3n) is 3.36. The largest absolute Gasteiger partial charge is 0.494 e. The molecule has 1 aromatic rings. The van der Waals surface area contributed by atoms with Gasteiger partial charge in [0, 0.05) is 32.7 Å². The van der Waals surface area contributed by atoms with Gasteiger partial charge in [-0.1, -0.05) is 19.1 Å². The Kier molecular flexibility index (Phi) is 5.21. The first kappa shape index (κ1) is 13.9. The van der Waals surface area contributed by atoms with Crippen LogP contribution in [-0.2, 0) is 11.3 Å². The molecular formula is C15H22N2O2. The summed E-state index contributed by atoms with van der Waals surface area (Å²) in [6.45, 7) is 7.39. The summed E-state index contributed by atoms with van der Waals surface area (Å²) in [7, 11) is 0. The Bertz CT molecular complexity index is 384. The molecule has 0 radical (unpaired) electrons. The number of benzene rings is 1. The lowest BCUT2D eigenvalue weighted by Crippen LogP contribution is -2.45. The predicted octanol–water partition coefficient (Wildman–Crippen LogP) is 1.75. The van der Waals surface area contributed by atoms with Crippen LogP contribution in [-0.4, -0.2) is 49.0 Å². The lowest BCUT2D eigenvalue weighted by molar-refractivity contribution is -0.119. The van der Waals surface area contributed by atoms with Crippen LogP contribution in [0.5, 0.6) is 5.75 Å². The Morgan fingerprint density at radius 3 is 2.42 bits per heavy atom. The van der Waals surface area contributed by atoms with E-state index >= 15 is 0 Å². The second kappa shape index (κ2) is 7.14. The molecule has 1 amide bonds. The number of carbonyl (C=O) groups is 1. The van der Waals surface area contributed by atoms with Crippen molar-refractivity contribution in [3.05, 3.63) is 29.8 Å². The minimum absolute atomic E-state index is 0.771. The number of carbonyl (C=O) groups excluding carboxylic acids is 1. The summed E-state index contributed by atoms with van der Waals surface area (Å²) in [4.78, 5) is 14.9. The first-order valence-corrected chi connectivity index (χ1v) is 6.95. The number of piperazine rings is 1. The molecular weight excluding hydrogens is 240 g/mol. The molecule has 0 bridgehead atoms. The van der Waals surface area contributed by atoms with Crippen molar-refractivity contribution in [2.45, 2.75) is 19.9 Å². The van der Waals surface area contributed by atoms with Crippen LogP contribution in [0, 0.1) is 0 Å². The fourth-order valence-corrected chi connectivity index (χ4v) is 2.20. The Labute approximate surface area is 115 Å². The van der Waals surface area contributed by atoms with E-state index in [0.717, 1.165) is 57.9 Å². The van der Waals surface area contributed by atoms with Gasteiger partial charge >= 0.3 is 0 Å². The van der Waals surface area contributed by atoms with E-state index in [2.05, 4.69) is 24.0 Å². The summed E-state index contributed by atoms with van der Waals surface area (Å²) in [6.07, 6.45) is 1.97. The Hall–Kier alpha value is -1.55. The molecule has 0 atom stereocenters. The van der Waals surface area contributed by atoms with E-state index in [-0.39, 0.29) is 0 Å². The maximum Gasteiger partial charge on any atom is 0.209 e. The number of amides is 1. The Balaban J connectivity index is 1.81. The highest BCUT2D eigenvalue weighted by atomic mass is 16.5. The zero-order chi connectivity index (χ0) is 13.5. The molecule has 0 N–H and O–H groups in total. The summed E-state index contributed by atoms with van der Waals surface area (Å²) < 4.78 is 5.57. The molecule has 104 valence electrons. The molecule has 0 saturated carbocycles. The average Bonchev–Trinajstić information content (AvgIpc) is 2.47. The standard InChI is InChI=1S/C15H22N2O2/c1-2-11-19-15-5-3-14(4-6-15)12-16-7-9-17(13-18)10-8-16/h3-6,13H,2,7-12H2,1H3. The Morgan fingerprint density at radius 1 is 1.16 bits per heavy atom. The molecule has 1 fully saturated rings. The van der Waals surface area contributed by atoms with Crippen LogP contribution >= 0.6 is 0 Å². The number of ether oxygens (including phenoxy) is 1. The highest BCUT2D eigenvalue weighted by molar-refractivity contribution is 5.47. The highest BCUT2D eigenvalue weighted by Gasteiger charge is 2.15. The predicted molar refractivity (Wildman–Crippen MR) is 75.1 cm³/mol. The van der Waals surface area contributed by atoms with Gasteiger partial charge in [-0.2, -0.15) is 0 Å². The van der Waals surface area contributed by atoms with Crippen molar-refractivity contribution < 1.29 is 9.53 Å². The van der Waals surface area contributed by atoms with Gasteiger partial charge in [-0.05, 0) is 24.1 Å². The molecule has 1 saturated heterocycles. The SMILES string of the molecule is CCCOc1ccc(CN2CCN(C=O)CC2)cc1. The number of rotatable bonds is 6. The molecule has 0 aromatic heterocycles. The van der Waals surface area contributed by atoms with Crippen LogP contribution in [0.25, 0.3) is 0 Å². The van der Waals surface area contributed by atoms with Gasteiger partial charge in [-0.15, -0.1) is 0 Å². The summed E-state index contributed by atoms with van der Waals surface area (Å²) >= 11 is 0. The van der Waals surface area contributed by atoms with Gasteiger partial charge in [-0.25, -0.2) is 0 Å². The lowest BCUT2D eigenvalue weighted by atomic mass is 10.2. The van der Waals surface area contributed by atoms with Crippen molar-refractivity contribution >= 4 is 6.41 Å². The molecule has 0 unspecified atom stereocenters. The van der Waals surface area contributed by atoms with E-state index in [4.69, 9.17) is 4.74 Å². The molecule has 4 heteroatoms. The van der Waals surface area contributed by atoms with Crippen molar-refractivity contribution in [3.63, 3.8) is 0 Å². The van der Waals surface area contributed by atoms with E-state index in [1.807, 2.05) is 17.0 Å². The van der Waals surface area contributed by atoms with Gasteiger partial charge in [0.25, 0.3) is 0 Å². The van der Waals surface area contributed by atoms with Crippen LogP contribution < -0.4 is 4.74 Å². The van der Waals surface area contributed by atoms with Gasteiger partial charge in [0.15, 0.2) is 0 Å². The van der Waals surface area contributed by atoms with Crippen molar-refractivity contribution in [2.75, 3.05) is 32.8 Å². The number of nitrogens with zero attached hydrogens (tertiary/aromatic N) is 2. The van der Waals surface area contributed by atoms with Crippen LogP contribution in [0.4, 0.5) is 0 Å². The van der Waals surface area contributed by atoms with E-state index < -0.39 is 0 Å². The van der Waals surface area contributed by atoms with Crippen LogP contribution in [0.3, 0.4) is 0 Å².